The highest BCUT2D eigenvalue weighted by Gasteiger charge is 2.40. The minimum Gasteiger partial charge on any atom is -0.477 e. The molecule has 0 atom stereocenters. The molecule has 0 radical (unpaired) electrons. The Morgan fingerprint density at radius 2 is 2.08 bits per heavy atom. The Bertz CT molecular complexity index is 1080. The molecule has 0 unspecified atom stereocenters. The summed E-state index contributed by atoms with van der Waals surface area (Å²) in [6.07, 6.45) is 2.79. The van der Waals surface area contributed by atoms with Crippen molar-refractivity contribution in [3.05, 3.63) is 45.2 Å². The Morgan fingerprint density at radius 1 is 1.35 bits per heavy atom. The molecule has 3 aromatic rings. The molecule has 1 fully saturated rings. The number of carboxylic acids is 1. The minimum atomic E-state index is -1.76. The Balaban J connectivity index is 2.01. The highest BCUT2D eigenvalue weighted by atomic mass is 32.1. The van der Waals surface area contributed by atoms with Crippen LogP contribution in [0.4, 0.5) is 5.82 Å². The van der Waals surface area contributed by atoms with Crippen molar-refractivity contribution in [3.63, 3.8) is 0 Å². The number of anilines is 1. The predicted octanol–water partition coefficient (Wildman–Crippen LogP) is 0.350. The van der Waals surface area contributed by atoms with Gasteiger partial charge in [0, 0.05) is 17.8 Å². The monoisotopic (exact) mass is 374 g/mol. The van der Waals surface area contributed by atoms with E-state index in [1.807, 2.05) is 0 Å². The zero-order chi connectivity index (χ0) is 18.6. The first-order valence-electron chi connectivity index (χ1n) is 7.67. The van der Waals surface area contributed by atoms with Gasteiger partial charge in [0.15, 0.2) is 16.6 Å². The van der Waals surface area contributed by atoms with Gasteiger partial charge in [-0.05, 0) is 18.6 Å². The summed E-state index contributed by atoms with van der Waals surface area (Å²) in [5, 5.41) is 30.8. The van der Waals surface area contributed by atoms with Crippen molar-refractivity contribution >= 4 is 34.2 Å². The maximum Gasteiger partial charge on any atom is 0.341 e. The van der Waals surface area contributed by atoms with E-state index in [4.69, 9.17) is 0 Å². The second-order valence-corrected chi connectivity index (χ2v) is 7.07. The lowest BCUT2D eigenvalue weighted by Crippen LogP contribution is -2.62. The van der Waals surface area contributed by atoms with E-state index in [0.717, 1.165) is 0 Å². The molecule has 1 saturated heterocycles. The summed E-state index contributed by atoms with van der Waals surface area (Å²) in [6.45, 7) is 1.69. The molecule has 0 aliphatic carbocycles. The number of aromatic nitrogens is 3. The molecule has 0 spiro atoms. The summed E-state index contributed by atoms with van der Waals surface area (Å²) in [5.74, 6) is -2.60. The van der Waals surface area contributed by atoms with Gasteiger partial charge in [0.05, 0.1) is 18.5 Å². The van der Waals surface area contributed by atoms with Crippen molar-refractivity contribution in [2.24, 2.45) is 0 Å². The van der Waals surface area contributed by atoms with Gasteiger partial charge in [-0.2, -0.15) is 0 Å². The van der Waals surface area contributed by atoms with E-state index in [0.29, 0.717) is 16.5 Å². The Kier molecular flexibility index (Phi) is 3.58. The van der Waals surface area contributed by atoms with Crippen LogP contribution in [0.15, 0.2) is 28.6 Å². The second kappa shape index (κ2) is 5.59. The SMILES string of the molecule is Cc1cc(N2CC(O)(O)C2)nc2c1c(=O)c(C(=O)O)cn2-c1nccs1. The maximum atomic E-state index is 12.6. The summed E-state index contributed by atoms with van der Waals surface area (Å²) in [5.41, 5.74) is -0.145. The molecule has 26 heavy (non-hydrogen) atoms. The molecular weight excluding hydrogens is 360 g/mol. The number of carboxylic acid groups (broad SMARTS) is 1. The first-order chi connectivity index (χ1) is 12.3. The van der Waals surface area contributed by atoms with Gasteiger partial charge in [-0.15, -0.1) is 11.3 Å². The third-order valence-electron chi connectivity index (χ3n) is 4.21. The number of nitrogens with zero attached hydrogens (tertiary/aromatic N) is 4. The average molecular weight is 374 g/mol. The number of β-amino-alcohol motifs (C(OH)–C–C–N with tert-alkyl or cyclic N) is 2. The molecule has 134 valence electrons. The zero-order valence-corrected chi connectivity index (χ0v) is 14.4. The van der Waals surface area contributed by atoms with Crippen LogP contribution in [0.2, 0.25) is 0 Å². The van der Waals surface area contributed by atoms with Gasteiger partial charge in [0.1, 0.15) is 11.4 Å². The van der Waals surface area contributed by atoms with Crippen LogP contribution in [-0.2, 0) is 0 Å². The van der Waals surface area contributed by atoms with Gasteiger partial charge in [0.25, 0.3) is 0 Å². The third-order valence-corrected chi connectivity index (χ3v) is 4.98. The lowest BCUT2D eigenvalue weighted by Gasteiger charge is -2.43. The van der Waals surface area contributed by atoms with E-state index in [9.17, 15) is 24.9 Å². The van der Waals surface area contributed by atoms with E-state index >= 15 is 0 Å². The molecule has 3 aromatic heterocycles. The molecule has 4 rings (SSSR count). The quantitative estimate of drug-likeness (QED) is 0.560. The van der Waals surface area contributed by atoms with Crippen LogP contribution in [0.3, 0.4) is 0 Å². The van der Waals surface area contributed by atoms with Crippen LogP contribution in [0.25, 0.3) is 16.2 Å². The van der Waals surface area contributed by atoms with Gasteiger partial charge in [0.2, 0.25) is 5.43 Å². The van der Waals surface area contributed by atoms with Crippen LogP contribution in [-0.4, -0.2) is 54.7 Å². The number of aromatic carboxylic acids is 1. The van der Waals surface area contributed by atoms with Crippen LogP contribution < -0.4 is 10.3 Å². The van der Waals surface area contributed by atoms with Crippen molar-refractivity contribution in [1.82, 2.24) is 14.5 Å². The van der Waals surface area contributed by atoms with Gasteiger partial charge in [-0.25, -0.2) is 14.8 Å². The molecular formula is C16H14N4O5S. The Hall–Kier alpha value is -2.82. The summed E-state index contributed by atoms with van der Waals surface area (Å²) in [4.78, 5) is 34.4. The molecule has 0 aromatic carbocycles. The molecule has 3 N–H and O–H groups in total. The number of carbonyl (C=O) groups is 1. The van der Waals surface area contributed by atoms with Crippen LogP contribution in [0.1, 0.15) is 15.9 Å². The van der Waals surface area contributed by atoms with E-state index in [1.54, 1.807) is 29.5 Å². The number of pyridine rings is 2. The first kappa shape index (κ1) is 16.6. The average Bonchev–Trinajstić information content (AvgIpc) is 3.06. The van der Waals surface area contributed by atoms with Crippen molar-refractivity contribution in [2.75, 3.05) is 18.0 Å². The largest absolute Gasteiger partial charge is 0.477 e. The fourth-order valence-electron chi connectivity index (χ4n) is 3.00. The molecule has 0 amide bonds. The van der Waals surface area contributed by atoms with Gasteiger partial charge < -0.3 is 20.2 Å². The smallest absolute Gasteiger partial charge is 0.341 e. The molecule has 1 aliphatic heterocycles. The number of thiazole rings is 1. The minimum absolute atomic E-state index is 0.000357. The van der Waals surface area contributed by atoms with Gasteiger partial charge in [-0.1, -0.05) is 0 Å². The highest BCUT2D eigenvalue weighted by molar-refractivity contribution is 7.12. The van der Waals surface area contributed by atoms with E-state index < -0.39 is 17.2 Å². The lowest BCUT2D eigenvalue weighted by molar-refractivity contribution is -0.176. The Labute approximate surface area is 150 Å². The highest BCUT2D eigenvalue weighted by Crippen LogP contribution is 2.28. The first-order valence-corrected chi connectivity index (χ1v) is 8.55. The normalized spacial score (nSPS) is 15.9. The number of hydrogen-bond acceptors (Lipinski definition) is 8. The van der Waals surface area contributed by atoms with Crippen molar-refractivity contribution < 1.29 is 20.1 Å². The number of rotatable bonds is 3. The van der Waals surface area contributed by atoms with E-state index in [-0.39, 0.29) is 29.7 Å². The molecule has 1 aliphatic rings. The molecule has 10 heteroatoms. The lowest BCUT2D eigenvalue weighted by atomic mass is 10.1. The maximum absolute atomic E-state index is 12.6. The molecule has 9 nitrogen and oxygen atoms in total. The summed E-state index contributed by atoms with van der Waals surface area (Å²) >= 11 is 1.28. The number of aryl methyl sites for hydroxylation is 1. The Morgan fingerprint density at radius 3 is 2.65 bits per heavy atom. The van der Waals surface area contributed by atoms with Crippen molar-refractivity contribution in [1.29, 1.82) is 0 Å². The van der Waals surface area contributed by atoms with E-state index in [1.165, 1.54) is 22.1 Å². The molecule has 0 bridgehead atoms. The van der Waals surface area contributed by atoms with E-state index in [2.05, 4.69) is 9.97 Å². The number of hydrogen-bond donors (Lipinski definition) is 3. The van der Waals surface area contributed by atoms with Gasteiger partial charge >= 0.3 is 5.97 Å². The van der Waals surface area contributed by atoms with Crippen molar-refractivity contribution in [3.8, 4) is 5.13 Å². The van der Waals surface area contributed by atoms with Crippen LogP contribution >= 0.6 is 11.3 Å². The second-order valence-electron chi connectivity index (χ2n) is 6.20. The zero-order valence-electron chi connectivity index (χ0n) is 13.6. The van der Waals surface area contributed by atoms with Crippen molar-refractivity contribution in [2.45, 2.75) is 12.7 Å². The number of aliphatic hydroxyl groups is 2. The molecule has 4 heterocycles. The fraction of sp³-hybridized carbons (Fsp3) is 0.250. The topological polar surface area (TPSA) is 129 Å². The van der Waals surface area contributed by atoms with Crippen LogP contribution in [0.5, 0.6) is 0 Å². The summed E-state index contributed by atoms with van der Waals surface area (Å²) in [7, 11) is 0. The number of fused-ring (bicyclic) bond motifs is 1. The third kappa shape index (κ3) is 2.55. The predicted molar refractivity (Wildman–Crippen MR) is 94.1 cm³/mol. The van der Waals surface area contributed by atoms with Crippen LogP contribution in [0, 0.1) is 6.92 Å². The standard InChI is InChI=1S/C16H14N4O5S/c1-8-4-10(19-6-16(24,25)7-19)18-13-11(8)12(21)9(14(22)23)5-20(13)15-17-2-3-26-15/h2-5,24-25H,6-7H2,1H3,(H,22,23). The van der Waals surface area contributed by atoms with Gasteiger partial charge in [-0.3, -0.25) is 9.36 Å². The molecule has 0 saturated carbocycles. The fourth-order valence-corrected chi connectivity index (χ4v) is 3.62. The summed E-state index contributed by atoms with van der Waals surface area (Å²) < 4.78 is 1.48. The summed E-state index contributed by atoms with van der Waals surface area (Å²) in [6, 6.07) is 1.64.